The predicted molar refractivity (Wildman–Crippen MR) is 105 cm³/mol. The number of fused-ring (bicyclic) bond motifs is 2. The quantitative estimate of drug-likeness (QED) is 0.885. The largest absolute Gasteiger partial charge is 0.325 e. The molecule has 2 heterocycles. The molecule has 0 spiro atoms. The van der Waals surface area contributed by atoms with E-state index in [2.05, 4.69) is 31.0 Å². The molecule has 2 aliphatic rings. The molecule has 4 rings (SSSR count). The van der Waals surface area contributed by atoms with Crippen molar-refractivity contribution in [1.29, 1.82) is 0 Å². The van der Waals surface area contributed by atoms with Gasteiger partial charge < -0.3 is 9.88 Å². The van der Waals surface area contributed by atoms with E-state index in [-0.39, 0.29) is 17.3 Å². The Balaban J connectivity index is 1.74. The molecule has 0 unspecified atom stereocenters. The number of anilines is 1. The van der Waals surface area contributed by atoms with E-state index in [0.29, 0.717) is 36.6 Å². The van der Waals surface area contributed by atoms with Gasteiger partial charge in [0.15, 0.2) is 5.78 Å². The number of ketones is 1. The number of hydrogen-bond acceptors (Lipinski definition) is 3. The second-order valence-electron chi connectivity index (χ2n) is 7.78. The number of benzene rings is 1. The third-order valence-electron chi connectivity index (χ3n) is 5.62. The lowest BCUT2D eigenvalue weighted by Gasteiger charge is -2.30. The molecule has 0 saturated heterocycles. The van der Waals surface area contributed by atoms with Crippen LogP contribution in [0.5, 0.6) is 0 Å². The Labute approximate surface area is 158 Å². The summed E-state index contributed by atoms with van der Waals surface area (Å²) in [5, 5.41) is 0. The van der Waals surface area contributed by atoms with Crippen LogP contribution < -0.4 is 10.5 Å². The van der Waals surface area contributed by atoms with Gasteiger partial charge in [-0.05, 0) is 54.9 Å². The van der Waals surface area contributed by atoms with E-state index < -0.39 is 5.56 Å². The minimum atomic E-state index is -0.403. The van der Waals surface area contributed by atoms with Crippen molar-refractivity contribution in [2.24, 2.45) is 0 Å². The molecular formula is C22H24N2O3. The van der Waals surface area contributed by atoms with Crippen molar-refractivity contribution in [1.82, 2.24) is 4.98 Å². The van der Waals surface area contributed by atoms with E-state index in [1.54, 1.807) is 4.90 Å². The molecule has 27 heavy (non-hydrogen) atoms. The molecule has 0 bridgehead atoms. The number of carbonyl (C=O) groups excluding carboxylic acids is 2. The van der Waals surface area contributed by atoms with Gasteiger partial charge in [-0.1, -0.05) is 26.0 Å². The van der Waals surface area contributed by atoms with Gasteiger partial charge in [0.2, 0.25) is 0 Å². The van der Waals surface area contributed by atoms with Crippen molar-refractivity contribution in [3.05, 3.63) is 62.6 Å². The van der Waals surface area contributed by atoms with Crippen LogP contribution in [0.25, 0.3) is 0 Å². The number of amides is 1. The molecule has 1 N–H and O–H groups in total. The summed E-state index contributed by atoms with van der Waals surface area (Å²) in [4.78, 5) is 42.4. The number of rotatable bonds is 2. The number of Topliss-reactive ketones (excluding diaryl/α,β-unsaturated/α-hetero) is 1. The summed E-state index contributed by atoms with van der Waals surface area (Å²) < 4.78 is 0. The lowest BCUT2D eigenvalue weighted by Crippen LogP contribution is -2.39. The summed E-state index contributed by atoms with van der Waals surface area (Å²) in [6.07, 6.45) is 3.68. The van der Waals surface area contributed by atoms with Crippen LogP contribution in [0.4, 0.5) is 5.69 Å². The van der Waals surface area contributed by atoms with E-state index in [4.69, 9.17) is 0 Å². The molecule has 0 atom stereocenters. The molecule has 0 saturated carbocycles. The normalized spacial score (nSPS) is 16.3. The Kier molecular flexibility index (Phi) is 4.46. The van der Waals surface area contributed by atoms with Crippen molar-refractivity contribution in [2.75, 3.05) is 11.4 Å². The lowest BCUT2D eigenvalue weighted by molar-refractivity contribution is 0.0971. The summed E-state index contributed by atoms with van der Waals surface area (Å²) in [5.41, 5.74) is 4.08. The maximum Gasteiger partial charge on any atom is 0.263 e. The van der Waals surface area contributed by atoms with Crippen molar-refractivity contribution in [3.8, 4) is 0 Å². The highest BCUT2D eigenvalue weighted by molar-refractivity contribution is 6.08. The second kappa shape index (κ2) is 6.80. The van der Waals surface area contributed by atoms with Gasteiger partial charge in [-0.15, -0.1) is 0 Å². The smallest absolute Gasteiger partial charge is 0.263 e. The first-order valence-electron chi connectivity index (χ1n) is 9.70. The monoisotopic (exact) mass is 364 g/mol. The van der Waals surface area contributed by atoms with Crippen LogP contribution in [0, 0.1) is 0 Å². The van der Waals surface area contributed by atoms with Gasteiger partial charge in [0.25, 0.3) is 11.5 Å². The van der Waals surface area contributed by atoms with Crippen LogP contribution in [-0.2, 0) is 12.8 Å². The third-order valence-corrected chi connectivity index (χ3v) is 5.62. The zero-order valence-corrected chi connectivity index (χ0v) is 15.8. The van der Waals surface area contributed by atoms with E-state index in [9.17, 15) is 14.4 Å². The van der Waals surface area contributed by atoms with Crippen molar-refractivity contribution >= 4 is 17.4 Å². The zero-order chi connectivity index (χ0) is 19.1. The molecule has 0 radical (unpaired) electrons. The summed E-state index contributed by atoms with van der Waals surface area (Å²) in [5.74, 6) is 0.105. The molecule has 1 aromatic carbocycles. The highest BCUT2D eigenvalue weighted by Crippen LogP contribution is 2.31. The van der Waals surface area contributed by atoms with Gasteiger partial charge in [-0.2, -0.15) is 0 Å². The first-order chi connectivity index (χ1) is 13.0. The standard InChI is InChI=1S/C22H24N2O3/c1-13(2)14-8-9-19-15(11-14)5-4-10-24(19)22(27)17-12-16-18(23-21(17)26)6-3-7-20(16)25/h8-9,11-13H,3-7,10H2,1-2H3,(H,23,26). The molecule has 1 aromatic heterocycles. The molecule has 5 nitrogen and oxygen atoms in total. The van der Waals surface area contributed by atoms with Gasteiger partial charge in [0.05, 0.1) is 0 Å². The number of nitrogens with zero attached hydrogens (tertiary/aromatic N) is 1. The fourth-order valence-electron chi connectivity index (χ4n) is 4.07. The van der Waals surface area contributed by atoms with Crippen molar-refractivity contribution in [3.63, 3.8) is 0 Å². The molecule has 1 aliphatic carbocycles. The predicted octanol–water partition coefficient (Wildman–Crippen LogP) is 3.61. The maximum absolute atomic E-state index is 13.2. The number of pyridine rings is 1. The Bertz CT molecular complexity index is 988. The summed E-state index contributed by atoms with van der Waals surface area (Å²) >= 11 is 0. The molecular weight excluding hydrogens is 340 g/mol. The van der Waals surface area contributed by atoms with Gasteiger partial charge >= 0.3 is 0 Å². The van der Waals surface area contributed by atoms with E-state index in [0.717, 1.165) is 30.5 Å². The molecule has 1 aliphatic heterocycles. The number of hydrogen-bond donors (Lipinski definition) is 1. The summed E-state index contributed by atoms with van der Waals surface area (Å²) in [7, 11) is 0. The van der Waals surface area contributed by atoms with Gasteiger partial charge in [-0.25, -0.2) is 0 Å². The van der Waals surface area contributed by atoms with Crippen LogP contribution >= 0.6 is 0 Å². The molecule has 5 heteroatoms. The maximum atomic E-state index is 13.2. The summed E-state index contributed by atoms with van der Waals surface area (Å²) in [6.45, 7) is 4.88. The van der Waals surface area contributed by atoms with Gasteiger partial charge in [0.1, 0.15) is 5.56 Å². The first kappa shape index (κ1) is 17.7. The topological polar surface area (TPSA) is 70.2 Å². The van der Waals surface area contributed by atoms with Crippen molar-refractivity contribution < 1.29 is 9.59 Å². The number of H-pyrrole nitrogens is 1. The van der Waals surface area contributed by atoms with E-state index >= 15 is 0 Å². The minimum absolute atomic E-state index is 0.00201. The number of carbonyl (C=O) groups is 2. The minimum Gasteiger partial charge on any atom is -0.325 e. The SMILES string of the molecule is CC(C)c1ccc2c(c1)CCCN2C(=O)c1cc2c([nH]c1=O)CCCC2=O. The van der Waals surface area contributed by atoms with E-state index in [1.807, 2.05) is 6.07 Å². The Morgan fingerprint density at radius 3 is 2.67 bits per heavy atom. The lowest BCUT2D eigenvalue weighted by atomic mass is 9.92. The average Bonchev–Trinajstić information content (AvgIpc) is 2.66. The molecule has 2 aromatic rings. The number of nitrogens with one attached hydrogen (secondary N) is 1. The highest BCUT2D eigenvalue weighted by Gasteiger charge is 2.28. The number of aromatic nitrogens is 1. The van der Waals surface area contributed by atoms with Gasteiger partial charge in [0, 0.05) is 29.9 Å². The van der Waals surface area contributed by atoms with Crippen LogP contribution in [0.2, 0.25) is 0 Å². The fourth-order valence-corrected chi connectivity index (χ4v) is 4.07. The van der Waals surface area contributed by atoms with Crippen LogP contribution in [0.15, 0.2) is 29.1 Å². The average molecular weight is 364 g/mol. The third kappa shape index (κ3) is 3.11. The summed E-state index contributed by atoms with van der Waals surface area (Å²) in [6, 6.07) is 7.71. The zero-order valence-electron chi connectivity index (χ0n) is 15.8. The van der Waals surface area contributed by atoms with Crippen LogP contribution in [0.1, 0.15) is 76.6 Å². The fraction of sp³-hybridized carbons (Fsp3) is 0.409. The Morgan fingerprint density at radius 1 is 1.07 bits per heavy atom. The van der Waals surface area contributed by atoms with Crippen molar-refractivity contribution in [2.45, 2.75) is 51.9 Å². The first-order valence-corrected chi connectivity index (χ1v) is 9.70. The Hall–Kier alpha value is -2.69. The molecule has 140 valence electrons. The molecule has 1 amide bonds. The van der Waals surface area contributed by atoms with Crippen LogP contribution in [-0.4, -0.2) is 23.2 Å². The van der Waals surface area contributed by atoms with Gasteiger partial charge in [-0.3, -0.25) is 14.4 Å². The molecule has 0 fully saturated rings. The Morgan fingerprint density at radius 2 is 1.89 bits per heavy atom. The van der Waals surface area contributed by atoms with E-state index in [1.165, 1.54) is 11.6 Å². The number of aromatic amines is 1. The number of aryl methyl sites for hydroxylation is 2. The second-order valence-corrected chi connectivity index (χ2v) is 7.78. The highest BCUT2D eigenvalue weighted by atomic mass is 16.2. The van der Waals surface area contributed by atoms with Crippen LogP contribution in [0.3, 0.4) is 0 Å².